The Balaban J connectivity index is 2.33. The number of hydrogen-bond donors (Lipinski definition) is 0. The van der Waals surface area contributed by atoms with Gasteiger partial charge in [0.05, 0.1) is 23.9 Å². The summed E-state index contributed by atoms with van der Waals surface area (Å²) in [5.41, 5.74) is -1.21. The topological polar surface area (TPSA) is 44.1 Å². The number of esters is 1. The lowest BCUT2D eigenvalue weighted by molar-refractivity contribution is -0.137. The number of halogens is 4. The van der Waals surface area contributed by atoms with Gasteiger partial charge in [0.25, 0.3) is 0 Å². The fourth-order valence-corrected chi connectivity index (χ4v) is 1.64. The zero-order valence-corrected chi connectivity index (χ0v) is 10.8. The van der Waals surface area contributed by atoms with E-state index in [2.05, 4.69) is 5.10 Å². The second kappa shape index (κ2) is 5.55. The number of ether oxygens (including phenoxy) is 1. The van der Waals surface area contributed by atoms with Gasteiger partial charge in [-0.25, -0.2) is 13.9 Å². The third kappa shape index (κ3) is 3.21. The SMILES string of the molecule is CCOC(=O)c1cnn(-c2ccc(C(F)(F)F)cc2F)c1. The van der Waals surface area contributed by atoms with E-state index in [0.29, 0.717) is 6.07 Å². The van der Waals surface area contributed by atoms with Crippen LogP contribution in [0.2, 0.25) is 0 Å². The summed E-state index contributed by atoms with van der Waals surface area (Å²) in [5, 5.41) is 3.74. The van der Waals surface area contributed by atoms with E-state index in [1.54, 1.807) is 6.92 Å². The molecule has 0 saturated heterocycles. The van der Waals surface area contributed by atoms with E-state index in [0.717, 1.165) is 23.0 Å². The molecule has 0 aliphatic rings. The molecule has 0 aliphatic carbocycles. The molecule has 0 fully saturated rings. The van der Waals surface area contributed by atoms with Gasteiger partial charge >= 0.3 is 12.1 Å². The van der Waals surface area contributed by atoms with Crippen LogP contribution in [0.4, 0.5) is 17.6 Å². The number of rotatable bonds is 3. The molecule has 1 heterocycles. The van der Waals surface area contributed by atoms with Crippen molar-refractivity contribution in [1.29, 1.82) is 0 Å². The number of alkyl halides is 3. The maximum absolute atomic E-state index is 13.7. The van der Waals surface area contributed by atoms with Crippen molar-refractivity contribution in [3.05, 3.63) is 47.5 Å². The number of nitrogens with zero attached hydrogens (tertiary/aromatic N) is 2. The normalized spacial score (nSPS) is 11.5. The summed E-state index contributed by atoms with van der Waals surface area (Å²) in [6.07, 6.45) is -2.29. The molecule has 1 aromatic carbocycles. The number of carbonyl (C=O) groups excluding carboxylic acids is 1. The van der Waals surface area contributed by atoms with Crippen LogP contribution >= 0.6 is 0 Å². The van der Waals surface area contributed by atoms with Crippen molar-refractivity contribution in [2.75, 3.05) is 6.61 Å². The van der Waals surface area contributed by atoms with Gasteiger partial charge in [0, 0.05) is 6.20 Å². The van der Waals surface area contributed by atoms with Crippen LogP contribution in [0.3, 0.4) is 0 Å². The van der Waals surface area contributed by atoms with Crippen molar-refractivity contribution < 1.29 is 27.1 Å². The molecule has 21 heavy (non-hydrogen) atoms. The monoisotopic (exact) mass is 302 g/mol. The maximum atomic E-state index is 13.7. The van der Waals surface area contributed by atoms with Crippen LogP contribution in [0.1, 0.15) is 22.8 Å². The fraction of sp³-hybridized carbons (Fsp3) is 0.231. The van der Waals surface area contributed by atoms with Gasteiger partial charge in [0.15, 0.2) is 0 Å². The molecule has 0 atom stereocenters. The highest BCUT2D eigenvalue weighted by Gasteiger charge is 2.31. The summed E-state index contributed by atoms with van der Waals surface area (Å²) in [5.74, 6) is -1.74. The molecule has 1 aromatic heterocycles. The van der Waals surface area contributed by atoms with Crippen molar-refractivity contribution in [2.45, 2.75) is 13.1 Å². The molecule has 2 aromatic rings. The second-order valence-electron chi connectivity index (χ2n) is 4.06. The van der Waals surface area contributed by atoms with E-state index < -0.39 is 23.5 Å². The van der Waals surface area contributed by atoms with Crippen LogP contribution in [-0.4, -0.2) is 22.4 Å². The summed E-state index contributed by atoms with van der Waals surface area (Å²) in [6, 6.07) is 2.06. The minimum absolute atomic E-state index is 0.0798. The van der Waals surface area contributed by atoms with Crippen molar-refractivity contribution in [3.8, 4) is 5.69 Å². The smallest absolute Gasteiger partial charge is 0.416 e. The average molecular weight is 302 g/mol. The first-order valence-corrected chi connectivity index (χ1v) is 5.92. The minimum atomic E-state index is -4.63. The first kappa shape index (κ1) is 15.0. The lowest BCUT2D eigenvalue weighted by Gasteiger charge is -2.09. The van der Waals surface area contributed by atoms with E-state index in [-0.39, 0.29) is 17.9 Å². The maximum Gasteiger partial charge on any atom is 0.416 e. The summed E-state index contributed by atoms with van der Waals surface area (Å²) in [6.45, 7) is 1.79. The van der Waals surface area contributed by atoms with Gasteiger partial charge in [0.1, 0.15) is 11.5 Å². The van der Waals surface area contributed by atoms with Crippen molar-refractivity contribution in [1.82, 2.24) is 9.78 Å². The van der Waals surface area contributed by atoms with E-state index in [4.69, 9.17) is 4.74 Å². The van der Waals surface area contributed by atoms with Crippen molar-refractivity contribution in [2.24, 2.45) is 0 Å². The van der Waals surface area contributed by atoms with Gasteiger partial charge in [-0.2, -0.15) is 18.3 Å². The molecule has 0 radical (unpaired) electrons. The highest BCUT2D eigenvalue weighted by atomic mass is 19.4. The Kier molecular flexibility index (Phi) is 3.97. The lowest BCUT2D eigenvalue weighted by Crippen LogP contribution is -2.07. The molecule has 8 heteroatoms. The molecule has 0 N–H and O–H groups in total. The molecule has 2 rings (SSSR count). The van der Waals surface area contributed by atoms with E-state index in [1.165, 1.54) is 6.20 Å². The van der Waals surface area contributed by atoms with E-state index >= 15 is 0 Å². The Morgan fingerprint density at radius 3 is 2.67 bits per heavy atom. The van der Waals surface area contributed by atoms with E-state index in [1.807, 2.05) is 0 Å². The fourth-order valence-electron chi connectivity index (χ4n) is 1.64. The van der Waals surface area contributed by atoms with Crippen LogP contribution in [0, 0.1) is 5.82 Å². The molecule has 0 saturated carbocycles. The first-order valence-electron chi connectivity index (χ1n) is 5.92. The average Bonchev–Trinajstić information content (AvgIpc) is 2.87. The van der Waals surface area contributed by atoms with Crippen molar-refractivity contribution in [3.63, 3.8) is 0 Å². The first-order chi connectivity index (χ1) is 9.82. The summed E-state index contributed by atoms with van der Waals surface area (Å²) in [4.78, 5) is 11.4. The van der Waals surface area contributed by atoms with Crippen LogP contribution in [0.25, 0.3) is 5.69 Å². The lowest BCUT2D eigenvalue weighted by atomic mass is 10.2. The van der Waals surface area contributed by atoms with Gasteiger partial charge in [-0.1, -0.05) is 0 Å². The largest absolute Gasteiger partial charge is 0.462 e. The molecule has 0 aliphatic heterocycles. The number of benzene rings is 1. The molecule has 0 bridgehead atoms. The minimum Gasteiger partial charge on any atom is -0.462 e. The standard InChI is InChI=1S/C13H10F4N2O2/c1-2-21-12(20)8-6-18-19(7-8)11-4-3-9(5-10(11)14)13(15,16)17/h3-7H,2H2,1H3. The molecule has 4 nitrogen and oxygen atoms in total. The zero-order chi connectivity index (χ0) is 15.6. The Morgan fingerprint density at radius 1 is 1.38 bits per heavy atom. The third-order valence-corrected chi connectivity index (χ3v) is 2.62. The highest BCUT2D eigenvalue weighted by Crippen LogP contribution is 2.30. The molecule has 0 spiro atoms. The quantitative estimate of drug-likeness (QED) is 0.646. The second-order valence-corrected chi connectivity index (χ2v) is 4.06. The molecular formula is C13H10F4N2O2. The summed E-state index contributed by atoms with van der Waals surface area (Å²) >= 11 is 0. The predicted octanol–water partition coefficient (Wildman–Crippen LogP) is 3.21. The number of hydrogen-bond acceptors (Lipinski definition) is 3. The van der Waals surface area contributed by atoms with E-state index in [9.17, 15) is 22.4 Å². The highest BCUT2D eigenvalue weighted by molar-refractivity contribution is 5.88. The Hall–Kier alpha value is -2.38. The molecular weight excluding hydrogens is 292 g/mol. The summed E-state index contributed by atoms with van der Waals surface area (Å²) < 4.78 is 56.8. The van der Waals surface area contributed by atoms with Crippen LogP contribution in [-0.2, 0) is 10.9 Å². The van der Waals surface area contributed by atoms with Gasteiger partial charge in [-0.15, -0.1) is 0 Å². The molecule has 0 unspecified atom stereocenters. The molecule has 112 valence electrons. The predicted molar refractivity (Wildman–Crippen MR) is 64.5 cm³/mol. The van der Waals surface area contributed by atoms with Crippen LogP contribution in [0.15, 0.2) is 30.6 Å². The third-order valence-electron chi connectivity index (χ3n) is 2.62. The van der Waals surface area contributed by atoms with Gasteiger partial charge in [-0.05, 0) is 25.1 Å². The van der Waals surface area contributed by atoms with Gasteiger partial charge < -0.3 is 4.74 Å². The zero-order valence-electron chi connectivity index (χ0n) is 10.8. The van der Waals surface area contributed by atoms with Gasteiger partial charge in [-0.3, -0.25) is 0 Å². The number of carbonyl (C=O) groups is 1. The van der Waals surface area contributed by atoms with Gasteiger partial charge in [0.2, 0.25) is 0 Å². The summed E-state index contributed by atoms with van der Waals surface area (Å²) in [7, 11) is 0. The van der Waals surface area contributed by atoms with Crippen LogP contribution < -0.4 is 0 Å². The Morgan fingerprint density at radius 2 is 2.10 bits per heavy atom. The Labute approximate surface area is 116 Å². The van der Waals surface area contributed by atoms with Crippen molar-refractivity contribution >= 4 is 5.97 Å². The van der Waals surface area contributed by atoms with Crippen LogP contribution in [0.5, 0.6) is 0 Å². The Bertz CT molecular complexity index is 664. The number of aromatic nitrogens is 2. The molecule has 0 amide bonds.